The summed E-state index contributed by atoms with van der Waals surface area (Å²) in [7, 11) is 0. The molecule has 2 aromatic carbocycles. The molecule has 4 aromatic rings. The quantitative estimate of drug-likeness (QED) is 0.152. The van der Waals surface area contributed by atoms with Crippen LogP contribution in [0.4, 0.5) is 0 Å². The molecule has 230 valence electrons. The number of aromatic amines is 2. The molecule has 1 fully saturated rings. The summed E-state index contributed by atoms with van der Waals surface area (Å²) in [5.74, 6) is -5.02. The summed E-state index contributed by atoms with van der Waals surface area (Å²) in [6, 6.07) is 13.5. The first-order valence-corrected chi connectivity index (χ1v) is 13.9. The monoisotopic (exact) mass is 617 g/mol. The van der Waals surface area contributed by atoms with Crippen LogP contribution in [0, 0.1) is 0 Å². The van der Waals surface area contributed by atoms with Crippen LogP contribution in [0.1, 0.15) is 38.1 Å². The largest absolute Gasteiger partial charge is 0.481 e. The van der Waals surface area contributed by atoms with E-state index in [2.05, 4.69) is 14.9 Å². The summed E-state index contributed by atoms with van der Waals surface area (Å²) in [6.07, 6.45) is 0.492. The number of rotatable bonds is 10. The van der Waals surface area contributed by atoms with Gasteiger partial charge in [-0.05, 0) is 56.1 Å². The molecule has 5 rings (SSSR count). The maximum atomic E-state index is 12.5. The summed E-state index contributed by atoms with van der Waals surface area (Å²) in [4.78, 5) is 63.4. The number of nitrogens with zero attached hydrogens (tertiary/aromatic N) is 3. The minimum atomic E-state index is -2.74. The van der Waals surface area contributed by atoms with Crippen molar-refractivity contribution < 1.29 is 34.8 Å². The summed E-state index contributed by atoms with van der Waals surface area (Å²) < 4.78 is 3.70. The third kappa shape index (κ3) is 7.52. The van der Waals surface area contributed by atoms with Gasteiger partial charge in [-0.1, -0.05) is 23.7 Å². The number of halogens is 1. The number of hydrogen-bond acceptors (Lipinski definition) is 7. The highest BCUT2D eigenvalue weighted by Crippen LogP contribution is 2.26. The van der Waals surface area contributed by atoms with Gasteiger partial charge in [0.2, 0.25) is 0 Å². The van der Waals surface area contributed by atoms with E-state index in [4.69, 9.17) is 32.0 Å². The zero-order valence-electron chi connectivity index (χ0n) is 23.0. The molecule has 1 aliphatic heterocycles. The van der Waals surface area contributed by atoms with Crippen LogP contribution in [0.15, 0.2) is 52.1 Å². The Labute approximate surface area is 248 Å². The Morgan fingerprint density at radius 2 is 1.49 bits per heavy atom. The number of para-hydroxylation sites is 2. The first-order chi connectivity index (χ1) is 20.4. The van der Waals surface area contributed by atoms with E-state index in [1.807, 2.05) is 45.5 Å². The van der Waals surface area contributed by atoms with Gasteiger partial charge in [-0.3, -0.25) is 18.7 Å². The van der Waals surface area contributed by atoms with Crippen molar-refractivity contribution >= 4 is 51.6 Å². The number of aliphatic hydroxyl groups is 1. The number of hydrogen-bond donors (Lipinski definition) is 6. The third-order valence-electron chi connectivity index (χ3n) is 7.42. The third-order valence-corrected chi connectivity index (χ3v) is 7.66. The van der Waals surface area contributed by atoms with Crippen LogP contribution in [-0.2, 0) is 20.9 Å². The van der Waals surface area contributed by atoms with Crippen molar-refractivity contribution in [2.24, 2.45) is 0 Å². The molecule has 0 atom stereocenters. The van der Waals surface area contributed by atoms with Crippen molar-refractivity contribution in [1.29, 1.82) is 0 Å². The van der Waals surface area contributed by atoms with Crippen LogP contribution in [-0.4, -0.2) is 87.6 Å². The highest BCUT2D eigenvalue weighted by Gasteiger charge is 2.40. The predicted octanol–water partition coefficient (Wildman–Crippen LogP) is 2.10. The van der Waals surface area contributed by atoms with Crippen LogP contribution in [0.5, 0.6) is 0 Å². The van der Waals surface area contributed by atoms with E-state index in [0.717, 1.165) is 61.0 Å². The zero-order valence-corrected chi connectivity index (χ0v) is 23.8. The average Bonchev–Trinajstić information content (AvgIpc) is 3.43. The number of nitrogens with one attached hydrogen (secondary N) is 2. The van der Waals surface area contributed by atoms with Crippen molar-refractivity contribution in [2.45, 2.75) is 50.3 Å². The van der Waals surface area contributed by atoms with Gasteiger partial charge in [0.1, 0.15) is 0 Å². The fourth-order valence-corrected chi connectivity index (χ4v) is 5.53. The number of aliphatic carboxylic acids is 3. The van der Waals surface area contributed by atoms with E-state index in [1.165, 1.54) is 0 Å². The molecule has 14 nitrogen and oxygen atoms in total. The number of benzene rings is 2. The van der Waals surface area contributed by atoms with Crippen LogP contribution in [0.2, 0.25) is 5.02 Å². The molecule has 2 aromatic heterocycles. The van der Waals surface area contributed by atoms with Gasteiger partial charge < -0.3 is 35.3 Å². The lowest BCUT2D eigenvalue weighted by molar-refractivity contribution is -0.170. The molecule has 0 bridgehead atoms. The zero-order chi connectivity index (χ0) is 31.3. The number of aromatic nitrogens is 4. The average molecular weight is 618 g/mol. The van der Waals surface area contributed by atoms with Gasteiger partial charge in [0, 0.05) is 30.7 Å². The molecule has 0 saturated carbocycles. The van der Waals surface area contributed by atoms with E-state index in [9.17, 15) is 24.0 Å². The second-order valence-corrected chi connectivity index (χ2v) is 10.9. The molecule has 0 aliphatic carbocycles. The topological polar surface area (TPSA) is 211 Å². The minimum Gasteiger partial charge on any atom is -0.481 e. The number of carbonyl (C=O) groups is 3. The summed E-state index contributed by atoms with van der Waals surface area (Å²) >= 11 is 6.05. The maximum Gasteiger partial charge on any atom is 0.336 e. The molecular weight excluding hydrogens is 586 g/mol. The Kier molecular flexibility index (Phi) is 9.73. The molecule has 43 heavy (non-hydrogen) atoms. The Bertz CT molecular complexity index is 1730. The SMILES string of the molecule is O=C(O)CC(O)(CC(=O)O)C(=O)O.O=c1[nH]c2ccccc2n1CCCN1CCC(n2c(=O)[nH]c3cc(Cl)ccc32)CC1. The fourth-order valence-electron chi connectivity index (χ4n) is 5.36. The lowest BCUT2D eigenvalue weighted by Gasteiger charge is -2.32. The van der Waals surface area contributed by atoms with Gasteiger partial charge in [-0.25, -0.2) is 14.4 Å². The Morgan fingerprint density at radius 3 is 2.12 bits per heavy atom. The lowest BCUT2D eigenvalue weighted by atomic mass is 9.96. The molecule has 0 spiro atoms. The van der Waals surface area contributed by atoms with Gasteiger partial charge in [0.05, 0.1) is 34.9 Å². The number of imidazole rings is 2. The Hall–Kier alpha value is -4.40. The number of fused-ring (bicyclic) bond motifs is 2. The van der Waals surface area contributed by atoms with Gasteiger partial charge in [-0.15, -0.1) is 0 Å². The predicted molar refractivity (Wildman–Crippen MR) is 157 cm³/mol. The van der Waals surface area contributed by atoms with E-state index < -0.39 is 36.4 Å². The number of carboxylic acid groups (broad SMARTS) is 3. The van der Waals surface area contributed by atoms with E-state index in [-0.39, 0.29) is 17.4 Å². The number of H-pyrrole nitrogens is 2. The molecule has 1 saturated heterocycles. The van der Waals surface area contributed by atoms with E-state index in [1.54, 1.807) is 6.07 Å². The molecule has 6 N–H and O–H groups in total. The number of piperidine rings is 1. The molecule has 0 unspecified atom stereocenters. The molecule has 0 radical (unpaired) electrons. The van der Waals surface area contributed by atoms with Crippen molar-refractivity contribution in [1.82, 2.24) is 24.0 Å². The van der Waals surface area contributed by atoms with Gasteiger partial charge >= 0.3 is 29.3 Å². The molecule has 3 heterocycles. The van der Waals surface area contributed by atoms with Gasteiger partial charge in [0.15, 0.2) is 5.60 Å². The van der Waals surface area contributed by atoms with Crippen LogP contribution < -0.4 is 11.4 Å². The van der Waals surface area contributed by atoms with Gasteiger partial charge in [0.25, 0.3) is 0 Å². The van der Waals surface area contributed by atoms with E-state index >= 15 is 0 Å². The summed E-state index contributed by atoms with van der Waals surface area (Å²) in [6.45, 7) is 3.53. The first-order valence-electron chi connectivity index (χ1n) is 13.6. The van der Waals surface area contributed by atoms with Crippen molar-refractivity contribution in [3.05, 3.63) is 68.5 Å². The molecule has 15 heteroatoms. The van der Waals surface area contributed by atoms with Crippen molar-refractivity contribution in [3.63, 3.8) is 0 Å². The second-order valence-electron chi connectivity index (χ2n) is 10.5. The highest BCUT2D eigenvalue weighted by atomic mass is 35.5. The summed E-state index contributed by atoms with van der Waals surface area (Å²) in [5.41, 5.74) is 0.699. The molecule has 1 aliphatic rings. The Morgan fingerprint density at radius 1 is 0.860 bits per heavy atom. The van der Waals surface area contributed by atoms with Crippen LogP contribution >= 0.6 is 11.6 Å². The van der Waals surface area contributed by atoms with Gasteiger partial charge in [-0.2, -0.15) is 0 Å². The maximum absolute atomic E-state index is 12.5. The minimum absolute atomic E-state index is 0.0475. The molecule has 0 amide bonds. The fraction of sp³-hybridized carbons (Fsp3) is 0.393. The smallest absolute Gasteiger partial charge is 0.336 e. The van der Waals surface area contributed by atoms with Crippen LogP contribution in [0.25, 0.3) is 22.1 Å². The normalized spacial score (nSPS) is 14.5. The van der Waals surface area contributed by atoms with Crippen molar-refractivity contribution in [3.8, 4) is 0 Å². The van der Waals surface area contributed by atoms with Crippen molar-refractivity contribution in [2.75, 3.05) is 19.6 Å². The van der Waals surface area contributed by atoms with E-state index in [0.29, 0.717) is 11.6 Å². The first kappa shape index (κ1) is 31.5. The molecular formula is C28H32ClN5O9. The lowest BCUT2D eigenvalue weighted by Crippen LogP contribution is -2.42. The summed E-state index contributed by atoms with van der Waals surface area (Å²) in [5, 5.41) is 34.4. The number of aryl methyl sites for hydroxylation is 1. The standard InChI is InChI=1S/C22H24ClN5O2.C6H8O7/c23-15-6-7-20-18(14-15)25-22(30)28(20)16-8-12-26(13-9-16)10-3-11-27-19-5-2-1-4-17(19)24-21(27)29;7-3(8)1-6(13,5(11)12)2-4(9)10/h1-2,4-7,14,16H,3,8-13H2,(H,24,29)(H,25,30);13H,1-2H2,(H,7,8)(H,9,10)(H,11,12). The number of likely N-dealkylation sites (tertiary alicyclic amines) is 1. The number of carboxylic acids is 3. The Balaban J connectivity index is 0.000000277. The highest BCUT2D eigenvalue weighted by molar-refractivity contribution is 6.31. The van der Waals surface area contributed by atoms with Crippen LogP contribution in [0.3, 0.4) is 0 Å². The second kappa shape index (κ2) is 13.3.